The molecule has 3 aliphatic rings. The summed E-state index contributed by atoms with van der Waals surface area (Å²) in [6.45, 7) is 12.3. The largest absolute Gasteiger partial charge is 0.387 e. The van der Waals surface area contributed by atoms with E-state index in [4.69, 9.17) is 9.98 Å². The van der Waals surface area contributed by atoms with Gasteiger partial charge in [-0.25, -0.2) is 4.39 Å². The molecule has 0 bridgehead atoms. The lowest BCUT2D eigenvalue weighted by molar-refractivity contribution is 0.341. The lowest BCUT2D eigenvalue weighted by Gasteiger charge is -2.35. The number of pyridine rings is 1. The molecular formula is C34H43FN4. The third-order valence-electron chi connectivity index (χ3n) is 9.10. The summed E-state index contributed by atoms with van der Waals surface area (Å²) in [6, 6.07) is 6.13. The van der Waals surface area contributed by atoms with Crippen molar-refractivity contribution in [3.63, 3.8) is 0 Å². The average molecular weight is 527 g/mol. The Hall–Kier alpha value is -3.05. The van der Waals surface area contributed by atoms with Crippen LogP contribution in [0.15, 0.2) is 53.8 Å². The summed E-state index contributed by atoms with van der Waals surface area (Å²) in [7, 11) is 4.13. The summed E-state index contributed by atoms with van der Waals surface area (Å²) >= 11 is 0. The van der Waals surface area contributed by atoms with Gasteiger partial charge in [0.1, 0.15) is 11.5 Å². The summed E-state index contributed by atoms with van der Waals surface area (Å²) < 4.78 is 15.7. The van der Waals surface area contributed by atoms with Crippen LogP contribution in [0.2, 0.25) is 0 Å². The van der Waals surface area contributed by atoms with Crippen molar-refractivity contribution in [3.8, 4) is 0 Å². The molecule has 5 rings (SSSR count). The molecular weight excluding hydrogens is 483 g/mol. The number of halogens is 1. The highest BCUT2D eigenvalue weighted by Crippen LogP contribution is 2.51. The Kier molecular flexibility index (Phi) is 7.91. The fraction of sp³-hybridized carbons (Fsp3) is 0.471. The van der Waals surface area contributed by atoms with Gasteiger partial charge < -0.3 is 10.2 Å². The minimum Gasteiger partial charge on any atom is -0.387 e. The standard InChI is InChI=1S/C34H43FN4/c1-7-26(32(36-8-2)21-39(5)6)24-17-28-27(15-16-31(28)37-20-24)23-18-29-33(30(35)19-23)38-22(3)34(29,4)25-13-11-9-10-12-14-25/h7,15,17-20,25,36H,1,8-14,16,21H2,2-6H3/b32-26+. The molecule has 0 radical (unpaired) electrons. The lowest BCUT2D eigenvalue weighted by atomic mass is 9.66. The second-order valence-corrected chi connectivity index (χ2v) is 11.8. The number of nitrogens with zero attached hydrogens (tertiary/aromatic N) is 3. The van der Waals surface area contributed by atoms with Crippen LogP contribution in [0.5, 0.6) is 0 Å². The molecule has 0 saturated heterocycles. The molecule has 2 heterocycles. The Morgan fingerprint density at radius 1 is 1.18 bits per heavy atom. The van der Waals surface area contributed by atoms with Gasteiger partial charge in [0.05, 0.1) is 5.69 Å². The van der Waals surface area contributed by atoms with E-state index in [1.807, 2.05) is 12.3 Å². The van der Waals surface area contributed by atoms with Crippen molar-refractivity contribution >= 4 is 22.5 Å². The number of hydrogen-bond donors (Lipinski definition) is 1. The number of benzene rings is 1. The Bertz CT molecular complexity index is 1360. The van der Waals surface area contributed by atoms with Crippen LogP contribution in [0, 0.1) is 11.7 Å². The van der Waals surface area contributed by atoms with Crippen LogP contribution in [0.1, 0.15) is 87.2 Å². The third-order valence-corrected chi connectivity index (χ3v) is 9.10. The third kappa shape index (κ3) is 5.02. The minimum atomic E-state index is -0.218. The Balaban J connectivity index is 1.57. The maximum atomic E-state index is 15.7. The van der Waals surface area contributed by atoms with Crippen LogP contribution in [0.3, 0.4) is 0 Å². The van der Waals surface area contributed by atoms with Gasteiger partial charge in [-0.05, 0) is 88.5 Å². The molecule has 1 aromatic heterocycles. The number of nitrogens with one attached hydrogen (secondary N) is 1. The maximum absolute atomic E-state index is 15.7. The van der Waals surface area contributed by atoms with Crippen molar-refractivity contribution < 1.29 is 4.39 Å². The molecule has 1 N–H and O–H groups in total. The maximum Gasteiger partial charge on any atom is 0.149 e. The van der Waals surface area contributed by atoms with Gasteiger partial charge >= 0.3 is 0 Å². The number of likely N-dealkylation sites (N-methyl/N-ethyl adjacent to an activating group) is 2. The van der Waals surface area contributed by atoms with E-state index < -0.39 is 0 Å². The molecule has 5 heteroatoms. The van der Waals surface area contributed by atoms with Gasteiger partial charge in [-0.2, -0.15) is 0 Å². The first-order chi connectivity index (χ1) is 18.8. The predicted molar refractivity (Wildman–Crippen MR) is 162 cm³/mol. The van der Waals surface area contributed by atoms with E-state index in [1.165, 1.54) is 38.5 Å². The lowest BCUT2D eigenvalue weighted by Crippen LogP contribution is -2.36. The number of aromatic nitrogens is 1. The molecule has 2 aromatic rings. The van der Waals surface area contributed by atoms with Gasteiger partial charge in [-0.1, -0.05) is 44.4 Å². The second-order valence-electron chi connectivity index (χ2n) is 11.8. The van der Waals surface area contributed by atoms with Crippen molar-refractivity contribution in [1.29, 1.82) is 0 Å². The molecule has 1 atom stereocenters. The minimum absolute atomic E-state index is 0.218. The normalized spacial score (nSPS) is 21.6. The van der Waals surface area contributed by atoms with Crippen LogP contribution in [0.4, 0.5) is 10.1 Å². The van der Waals surface area contributed by atoms with E-state index in [2.05, 4.69) is 69.9 Å². The highest BCUT2D eigenvalue weighted by molar-refractivity contribution is 6.01. The van der Waals surface area contributed by atoms with Crippen LogP contribution in [-0.2, 0) is 11.8 Å². The zero-order valence-electron chi connectivity index (χ0n) is 24.3. The topological polar surface area (TPSA) is 40.5 Å². The summed E-state index contributed by atoms with van der Waals surface area (Å²) in [5.41, 5.74) is 9.76. The second kappa shape index (κ2) is 11.2. The summed E-state index contributed by atoms with van der Waals surface area (Å²) in [4.78, 5) is 11.8. The van der Waals surface area contributed by atoms with E-state index in [1.54, 1.807) is 6.07 Å². The first-order valence-corrected chi connectivity index (χ1v) is 14.6. The average Bonchev–Trinajstić information content (AvgIpc) is 3.29. The van der Waals surface area contributed by atoms with Gasteiger partial charge in [0, 0.05) is 59.2 Å². The van der Waals surface area contributed by atoms with Gasteiger partial charge in [-0.15, -0.1) is 0 Å². The SMILES string of the molecule is C=C/C(=C(/CN(C)C)NCC)c1cnc2c(c1)C(c1cc(F)c3c(c1)C(C)(C1CCCCCC1)C(C)=N3)=CC2. The van der Waals surface area contributed by atoms with Crippen molar-refractivity contribution in [1.82, 2.24) is 15.2 Å². The molecule has 39 heavy (non-hydrogen) atoms. The van der Waals surface area contributed by atoms with Gasteiger partial charge in [0.15, 0.2) is 0 Å². The van der Waals surface area contributed by atoms with E-state index in [0.717, 1.165) is 70.0 Å². The molecule has 1 aliphatic heterocycles. The Labute approximate surface area is 233 Å². The molecule has 0 spiro atoms. The first kappa shape index (κ1) is 27.5. The van der Waals surface area contributed by atoms with Crippen molar-refractivity contribution in [2.24, 2.45) is 10.9 Å². The molecule has 1 unspecified atom stereocenters. The molecule has 4 nitrogen and oxygen atoms in total. The van der Waals surface area contributed by atoms with Gasteiger partial charge in [0.2, 0.25) is 0 Å². The van der Waals surface area contributed by atoms with E-state index in [0.29, 0.717) is 11.6 Å². The summed E-state index contributed by atoms with van der Waals surface area (Å²) in [6.07, 6.45) is 14.3. The highest BCUT2D eigenvalue weighted by Gasteiger charge is 2.44. The van der Waals surface area contributed by atoms with E-state index in [-0.39, 0.29) is 11.2 Å². The van der Waals surface area contributed by atoms with Gasteiger partial charge in [0.25, 0.3) is 0 Å². The number of fused-ring (bicyclic) bond motifs is 2. The van der Waals surface area contributed by atoms with E-state index >= 15 is 4.39 Å². The van der Waals surface area contributed by atoms with Gasteiger partial charge in [-0.3, -0.25) is 9.98 Å². The predicted octanol–water partition coefficient (Wildman–Crippen LogP) is 7.61. The summed E-state index contributed by atoms with van der Waals surface area (Å²) in [5.74, 6) is 0.281. The monoisotopic (exact) mass is 526 g/mol. The quantitative estimate of drug-likeness (QED) is 0.284. The molecule has 1 saturated carbocycles. The number of allylic oxidation sites excluding steroid dienone is 3. The fourth-order valence-electron chi connectivity index (χ4n) is 6.91. The zero-order chi connectivity index (χ0) is 27.7. The first-order valence-electron chi connectivity index (χ1n) is 14.6. The molecule has 206 valence electrons. The molecule has 2 aliphatic carbocycles. The van der Waals surface area contributed by atoms with Crippen LogP contribution < -0.4 is 5.32 Å². The molecule has 1 aromatic carbocycles. The number of aliphatic imine (C=N–C) groups is 1. The fourth-order valence-corrected chi connectivity index (χ4v) is 6.91. The number of hydrogen-bond acceptors (Lipinski definition) is 4. The smallest absolute Gasteiger partial charge is 0.149 e. The van der Waals surface area contributed by atoms with Crippen molar-refractivity contribution in [3.05, 3.63) is 82.6 Å². The van der Waals surface area contributed by atoms with Crippen molar-refractivity contribution in [2.75, 3.05) is 27.2 Å². The Morgan fingerprint density at radius 2 is 1.92 bits per heavy atom. The summed E-state index contributed by atoms with van der Waals surface area (Å²) in [5, 5.41) is 3.52. The molecule has 0 amide bonds. The van der Waals surface area contributed by atoms with Crippen LogP contribution >= 0.6 is 0 Å². The van der Waals surface area contributed by atoms with Crippen LogP contribution in [0.25, 0.3) is 11.1 Å². The zero-order valence-corrected chi connectivity index (χ0v) is 24.3. The highest BCUT2D eigenvalue weighted by atomic mass is 19.1. The van der Waals surface area contributed by atoms with E-state index in [9.17, 15) is 0 Å². The molecule has 1 fully saturated rings. The Morgan fingerprint density at radius 3 is 2.59 bits per heavy atom. The van der Waals surface area contributed by atoms with Crippen LogP contribution in [-0.4, -0.2) is 42.8 Å². The van der Waals surface area contributed by atoms with Crippen molar-refractivity contribution in [2.45, 2.75) is 71.1 Å². The number of rotatable bonds is 8.